The highest BCUT2D eigenvalue weighted by atomic mass is 35.5. The molecule has 0 amide bonds. The summed E-state index contributed by atoms with van der Waals surface area (Å²) in [6.07, 6.45) is 5.21. The van der Waals surface area contributed by atoms with Crippen LogP contribution in [0.25, 0.3) is 0 Å². The number of hydrogen-bond acceptors (Lipinski definition) is 1. The van der Waals surface area contributed by atoms with Crippen LogP contribution in [0.15, 0.2) is 0 Å². The lowest BCUT2D eigenvalue weighted by Crippen LogP contribution is -2.33. The Hall–Kier alpha value is 0.250. The summed E-state index contributed by atoms with van der Waals surface area (Å²) in [5, 5.41) is 0. The van der Waals surface area contributed by atoms with Gasteiger partial charge in [0.1, 0.15) is 0 Å². The monoisotopic (exact) mass is 174 g/mol. The quantitative estimate of drug-likeness (QED) is 0.585. The van der Waals surface area contributed by atoms with Crippen LogP contribution in [0, 0.1) is 11.3 Å². The zero-order valence-electron chi connectivity index (χ0n) is 6.81. The van der Waals surface area contributed by atoms with Gasteiger partial charge in [-0.1, -0.05) is 0 Å². The average Bonchev–Trinajstić information content (AvgIpc) is 2.88. The van der Waals surface area contributed by atoms with E-state index in [4.69, 9.17) is 16.3 Å². The van der Waals surface area contributed by atoms with Gasteiger partial charge in [-0.15, -0.1) is 11.6 Å². The Morgan fingerprint density at radius 1 is 1.27 bits per heavy atom. The Morgan fingerprint density at radius 3 is 2.36 bits per heavy atom. The Balaban J connectivity index is 2.01. The highest BCUT2D eigenvalue weighted by Crippen LogP contribution is 2.51. The molecule has 1 nitrogen and oxygen atoms in total. The van der Waals surface area contributed by atoms with Crippen LogP contribution in [0.3, 0.4) is 0 Å². The molecule has 0 N–H and O–H groups in total. The molecule has 1 saturated carbocycles. The Kier molecular flexibility index (Phi) is 2.11. The van der Waals surface area contributed by atoms with Crippen molar-refractivity contribution in [2.45, 2.75) is 25.7 Å². The number of rotatable bonds is 2. The van der Waals surface area contributed by atoms with Gasteiger partial charge < -0.3 is 4.74 Å². The van der Waals surface area contributed by atoms with Gasteiger partial charge >= 0.3 is 0 Å². The standard InChI is InChI=1S/C9H15ClO/c10-7-9(8-1-2-8)3-5-11-6-4-9/h8H,1-7H2. The molecular formula is C9H15ClO. The van der Waals surface area contributed by atoms with Crippen LogP contribution in [-0.4, -0.2) is 19.1 Å². The van der Waals surface area contributed by atoms with E-state index >= 15 is 0 Å². The number of halogens is 1. The summed E-state index contributed by atoms with van der Waals surface area (Å²) in [5.74, 6) is 1.78. The molecule has 2 heteroatoms. The van der Waals surface area contributed by atoms with E-state index in [1.807, 2.05) is 0 Å². The third-order valence-corrected chi connectivity index (χ3v) is 3.73. The van der Waals surface area contributed by atoms with Crippen molar-refractivity contribution in [3.63, 3.8) is 0 Å². The van der Waals surface area contributed by atoms with Crippen LogP contribution in [0.2, 0.25) is 0 Å². The molecule has 0 bridgehead atoms. The summed E-state index contributed by atoms with van der Waals surface area (Å²) in [6, 6.07) is 0. The molecule has 0 aromatic heterocycles. The van der Waals surface area contributed by atoms with Crippen LogP contribution in [0.4, 0.5) is 0 Å². The third-order valence-electron chi connectivity index (χ3n) is 3.20. The molecule has 2 fully saturated rings. The number of ether oxygens (including phenoxy) is 1. The first-order valence-corrected chi connectivity index (χ1v) is 5.04. The van der Waals surface area contributed by atoms with Crippen LogP contribution in [-0.2, 0) is 4.74 Å². The molecule has 1 saturated heterocycles. The van der Waals surface area contributed by atoms with E-state index < -0.39 is 0 Å². The molecule has 64 valence electrons. The maximum atomic E-state index is 6.02. The normalized spacial score (nSPS) is 30.3. The van der Waals surface area contributed by atoms with E-state index in [-0.39, 0.29) is 0 Å². The molecule has 0 spiro atoms. The van der Waals surface area contributed by atoms with Gasteiger partial charge in [-0.3, -0.25) is 0 Å². The number of hydrogen-bond donors (Lipinski definition) is 0. The minimum Gasteiger partial charge on any atom is -0.381 e. The lowest BCUT2D eigenvalue weighted by Gasteiger charge is -2.35. The number of alkyl halides is 1. The van der Waals surface area contributed by atoms with Crippen molar-refractivity contribution in [1.82, 2.24) is 0 Å². The molecule has 1 heterocycles. The highest BCUT2D eigenvalue weighted by Gasteiger charge is 2.45. The molecule has 0 radical (unpaired) electrons. The molecule has 2 rings (SSSR count). The van der Waals surface area contributed by atoms with Crippen LogP contribution < -0.4 is 0 Å². The first kappa shape index (κ1) is 7.88. The van der Waals surface area contributed by atoms with Gasteiger partial charge in [-0.25, -0.2) is 0 Å². The van der Waals surface area contributed by atoms with Gasteiger partial charge in [0.25, 0.3) is 0 Å². The van der Waals surface area contributed by atoms with Crippen molar-refractivity contribution < 1.29 is 4.74 Å². The lowest BCUT2D eigenvalue weighted by molar-refractivity contribution is 0.0147. The fourth-order valence-electron chi connectivity index (χ4n) is 2.12. The Morgan fingerprint density at radius 2 is 1.91 bits per heavy atom. The predicted octanol–water partition coefficient (Wildman–Crippen LogP) is 2.43. The van der Waals surface area contributed by atoms with Crippen LogP contribution in [0.5, 0.6) is 0 Å². The van der Waals surface area contributed by atoms with Gasteiger partial charge in [0.15, 0.2) is 0 Å². The Bertz CT molecular complexity index is 136. The first-order valence-electron chi connectivity index (χ1n) is 4.51. The van der Waals surface area contributed by atoms with Crippen molar-refractivity contribution in [3.8, 4) is 0 Å². The second kappa shape index (κ2) is 2.95. The van der Waals surface area contributed by atoms with Crippen LogP contribution in [0.1, 0.15) is 25.7 Å². The third kappa shape index (κ3) is 1.41. The zero-order chi connectivity index (χ0) is 7.73. The van der Waals surface area contributed by atoms with Crippen LogP contribution >= 0.6 is 11.6 Å². The zero-order valence-corrected chi connectivity index (χ0v) is 7.57. The van der Waals surface area contributed by atoms with E-state index in [1.54, 1.807) is 0 Å². The highest BCUT2D eigenvalue weighted by molar-refractivity contribution is 6.18. The van der Waals surface area contributed by atoms with E-state index in [2.05, 4.69) is 0 Å². The van der Waals surface area contributed by atoms with Crippen molar-refractivity contribution >= 4 is 11.6 Å². The molecule has 0 aromatic rings. The van der Waals surface area contributed by atoms with Gasteiger partial charge in [-0.2, -0.15) is 0 Å². The van der Waals surface area contributed by atoms with Gasteiger partial charge in [0.2, 0.25) is 0 Å². The predicted molar refractivity (Wildman–Crippen MR) is 45.9 cm³/mol. The van der Waals surface area contributed by atoms with E-state index in [0.717, 1.165) is 25.0 Å². The Labute approximate surface area is 73.1 Å². The maximum Gasteiger partial charge on any atom is 0.0471 e. The summed E-state index contributed by atoms with van der Waals surface area (Å²) in [6.45, 7) is 1.87. The summed E-state index contributed by atoms with van der Waals surface area (Å²) in [5.41, 5.74) is 0.472. The van der Waals surface area contributed by atoms with E-state index in [0.29, 0.717) is 5.41 Å². The van der Waals surface area contributed by atoms with Gasteiger partial charge in [-0.05, 0) is 37.0 Å². The topological polar surface area (TPSA) is 9.23 Å². The minimum atomic E-state index is 0.472. The minimum absolute atomic E-state index is 0.472. The molecule has 11 heavy (non-hydrogen) atoms. The molecule has 2 aliphatic rings. The maximum absolute atomic E-state index is 6.02. The first-order chi connectivity index (χ1) is 5.37. The summed E-state index contributed by atoms with van der Waals surface area (Å²) >= 11 is 6.02. The fourth-order valence-corrected chi connectivity index (χ4v) is 2.61. The van der Waals surface area contributed by atoms with E-state index in [9.17, 15) is 0 Å². The van der Waals surface area contributed by atoms with Gasteiger partial charge in [0, 0.05) is 19.1 Å². The fraction of sp³-hybridized carbons (Fsp3) is 1.00. The molecule has 1 aliphatic carbocycles. The molecule has 1 aliphatic heterocycles. The van der Waals surface area contributed by atoms with Crippen molar-refractivity contribution in [3.05, 3.63) is 0 Å². The molecule has 0 atom stereocenters. The summed E-state index contributed by atoms with van der Waals surface area (Å²) in [4.78, 5) is 0. The van der Waals surface area contributed by atoms with Gasteiger partial charge in [0.05, 0.1) is 0 Å². The lowest BCUT2D eigenvalue weighted by atomic mass is 9.77. The smallest absolute Gasteiger partial charge is 0.0471 e. The molecule has 0 aromatic carbocycles. The summed E-state index contributed by atoms with van der Waals surface area (Å²) in [7, 11) is 0. The largest absolute Gasteiger partial charge is 0.381 e. The molecular weight excluding hydrogens is 160 g/mol. The average molecular weight is 175 g/mol. The second-order valence-electron chi connectivity index (χ2n) is 3.88. The van der Waals surface area contributed by atoms with Crippen molar-refractivity contribution in [2.75, 3.05) is 19.1 Å². The summed E-state index contributed by atoms with van der Waals surface area (Å²) < 4.78 is 5.35. The SMILES string of the molecule is ClCC1(C2CC2)CCOCC1. The van der Waals surface area contributed by atoms with Crippen molar-refractivity contribution in [2.24, 2.45) is 11.3 Å². The van der Waals surface area contributed by atoms with E-state index in [1.165, 1.54) is 25.7 Å². The van der Waals surface area contributed by atoms with Crippen molar-refractivity contribution in [1.29, 1.82) is 0 Å². The second-order valence-corrected chi connectivity index (χ2v) is 4.15. The molecule has 0 unspecified atom stereocenters.